The van der Waals surface area contributed by atoms with Crippen molar-refractivity contribution in [3.8, 4) is 23.0 Å². The molecule has 4 heterocycles. The summed E-state index contributed by atoms with van der Waals surface area (Å²) in [7, 11) is 24.1. The molecular formula is C49H55BrN2O6P18S4. The Labute approximate surface area is 520 Å². The van der Waals surface area contributed by atoms with Crippen molar-refractivity contribution >= 4 is 233 Å². The van der Waals surface area contributed by atoms with Crippen molar-refractivity contribution in [3.05, 3.63) is 186 Å². The number of anilines is 5. The van der Waals surface area contributed by atoms with E-state index in [-0.39, 0.29) is 82.9 Å². The number of hydrogen-bond donors (Lipinski definition) is 1. The van der Waals surface area contributed by atoms with E-state index in [9.17, 15) is 16.8 Å². The lowest BCUT2D eigenvalue weighted by atomic mass is 10.1. The van der Waals surface area contributed by atoms with E-state index < -0.39 is 19.7 Å². The molecule has 8 aromatic carbocycles. The van der Waals surface area contributed by atoms with Crippen LogP contribution < -0.4 is 19.7 Å². The van der Waals surface area contributed by atoms with Crippen LogP contribution >= 0.6 is 185 Å². The first-order chi connectivity index (χ1) is 37.8. The van der Waals surface area contributed by atoms with Crippen molar-refractivity contribution in [3.63, 3.8) is 0 Å². The summed E-state index contributed by atoms with van der Waals surface area (Å²) < 4.78 is 63.2. The molecule has 0 bridgehead atoms. The first-order valence-electron chi connectivity index (χ1n) is 22.9. The number of nitrogens with zero attached hydrogens (tertiary/aromatic N) is 1. The van der Waals surface area contributed by atoms with Gasteiger partial charge in [0.1, 0.15) is 42.6 Å². The number of hydrogen-bond acceptors (Lipinski definition) is 10. The van der Waals surface area contributed by atoms with Crippen molar-refractivity contribution in [2.24, 2.45) is 0 Å². The summed E-state index contributed by atoms with van der Waals surface area (Å²) in [6, 6.07) is 56.7. The molecule has 10 unspecified atom stereocenters. The van der Waals surface area contributed by atoms with E-state index in [0.29, 0.717) is 23.0 Å². The second-order valence-corrected chi connectivity index (χ2v) is 93.8. The fourth-order valence-electron chi connectivity index (χ4n) is 8.14. The van der Waals surface area contributed by atoms with Crippen molar-refractivity contribution in [2.45, 2.75) is 46.6 Å². The minimum Gasteiger partial charge on any atom is -0.455 e. The zero-order valence-electron chi connectivity index (χ0n) is 41.1. The molecule has 0 saturated carbocycles. The summed E-state index contributed by atoms with van der Waals surface area (Å²) in [5.41, 5.74) is 5.37. The summed E-state index contributed by atoms with van der Waals surface area (Å²) in [4.78, 5) is 7.86. The molecule has 1 N–H and O–H groups in total. The van der Waals surface area contributed by atoms with Crippen LogP contribution in [0.2, 0.25) is 0 Å². The van der Waals surface area contributed by atoms with Crippen LogP contribution in [0.1, 0.15) is 7.43 Å². The topological polar surface area (TPSA) is 102 Å². The number of fused-ring (bicyclic) bond motifs is 8. The number of para-hydroxylation sites is 6. The molecule has 4 aliphatic heterocycles. The van der Waals surface area contributed by atoms with Crippen LogP contribution in [0.25, 0.3) is 0 Å². The van der Waals surface area contributed by atoms with Gasteiger partial charge in [-0.15, -0.1) is 89.3 Å². The van der Waals surface area contributed by atoms with E-state index in [1.807, 2.05) is 48.2 Å². The second-order valence-electron chi connectivity index (χ2n) is 16.6. The molecule has 8 aromatic rings. The molecule has 12 rings (SSSR count). The van der Waals surface area contributed by atoms with Gasteiger partial charge in [0.25, 0.3) is 0 Å². The van der Waals surface area contributed by atoms with Crippen LogP contribution in [0.3, 0.4) is 0 Å². The zero-order chi connectivity index (χ0) is 56.3. The second kappa shape index (κ2) is 30.5. The summed E-state index contributed by atoms with van der Waals surface area (Å²) in [6.45, 7) is 0.703. The van der Waals surface area contributed by atoms with E-state index in [2.05, 4.69) is 188 Å². The van der Waals surface area contributed by atoms with Crippen molar-refractivity contribution in [1.82, 2.24) is 0 Å². The highest BCUT2D eigenvalue weighted by atomic mass is 79.9. The first-order valence-corrected chi connectivity index (χ1v) is 60.1. The molecule has 0 aromatic heterocycles. The summed E-state index contributed by atoms with van der Waals surface area (Å²) in [5.74, 6) is 1.44. The van der Waals surface area contributed by atoms with Gasteiger partial charge in [0, 0.05) is 30.1 Å². The van der Waals surface area contributed by atoms with Gasteiger partial charge in [0.05, 0.1) is 28.4 Å². The lowest BCUT2D eigenvalue weighted by molar-refractivity contribution is 0.442. The Balaban J connectivity index is 0.000000147. The molecule has 4 aliphatic rings. The Kier molecular flexibility index (Phi) is 25.8. The predicted molar refractivity (Wildman–Crippen MR) is 403 cm³/mol. The number of benzene rings is 8. The van der Waals surface area contributed by atoms with Crippen molar-refractivity contribution in [1.29, 1.82) is 0 Å². The van der Waals surface area contributed by atoms with Crippen LogP contribution in [-0.2, 0) is 19.7 Å². The Morgan fingerprint density at radius 1 is 0.400 bits per heavy atom. The third-order valence-corrected chi connectivity index (χ3v) is 126. The predicted octanol–water partition coefficient (Wildman–Crippen LogP) is 24.6. The highest BCUT2D eigenvalue weighted by molar-refractivity contribution is 9.33. The van der Waals surface area contributed by atoms with Crippen LogP contribution in [0.5, 0.6) is 23.0 Å². The van der Waals surface area contributed by atoms with Gasteiger partial charge in [-0.2, -0.15) is 0 Å². The Bertz CT molecular complexity index is 3600. The lowest BCUT2D eigenvalue weighted by Crippen LogP contribution is -2.16. The molecular weight excluding hydrogens is 1480 g/mol. The van der Waals surface area contributed by atoms with Crippen molar-refractivity contribution in [2.75, 3.05) is 10.2 Å². The van der Waals surface area contributed by atoms with Gasteiger partial charge in [-0.3, -0.25) is 0 Å². The molecule has 0 saturated heterocycles. The molecule has 0 aliphatic carbocycles. The highest BCUT2D eigenvalue weighted by Crippen LogP contribution is 3.28. The number of nitrogens with one attached hydrogen (secondary N) is 1. The normalized spacial score (nSPS) is 14.3. The number of rotatable bonds is 8. The Hall–Kier alpha value is 1.78. The quantitative estimate of drug-likeness (QED) is 0.148. The largest absolute Gasteiger partial charge is 0.455 e. The fraction of sp³-hybridized carbons (Fsp3) is 0.0204. The SMILES string of the molecule is C.O=S1(=O)c2ccccc2Oc2cc(Br)ccc21.O=S1(=O)c2ccccc2Oc2cc(N3c4ccccc4Sc4ccccc43)ccc21.PP(P)P(P(P)P)P(P(P)P)P(P(P)P)P(P)P.c1ccc2c(c1)Nc1ccccc1S2. The molecule has 8 nitrogen and oxygen atoms in total. The van der Waals surface area contributed by atoms with Gasteiger partial charge in [-0.05, 0) is 159 Å². The smallest absolute Gasteiger partial charge is 0.213 e. The summed E-state index contributed by atoms with van der Waals surface area (Å²) >= 11 is 6.84. The van der Waals surface area contributed by atoms with E-state index in [1.165, 1.54) is 21.2 Å². The zero-order valence-corrected chi connectivity index (χ0v) is 64.6. The molecule has 0 radical (unpaired) electrons. The number of ether oxygens (including phenoxy) is 2. The maximum absolute atomic E-state index is 13.1. The van der Waals surface area contributed by atoms with Gasteiger partial charge < -0.3 is 19.7 Å². The standard InChI is InChI=1S/C24H15NO3S2.C12H7BrO3S.C12H9NS.CH4.H20P18/c26-30(27)23-12-6-3-9-19(23)28-20-15-16(13-14-24(20)30)25-17-7-1-4-10-21(17)29-22-11-5-2-8-18(22)25;13-8-5-6-12-10(7-8)16-9-3-1-2-4-11(9)17(12,14)15;1-3-7-11-9(5-1)13-10-6-2-4-8-12(10)14-11;;1-11(2)16(12(3)4)18(15(9)10)17(13(5)6)14(7)8/h1-15H;1-7H;1-8,13H;1H4;1-10H2. The van der Waals surface area contributed by atoms with Gasteiger partial charge in [0.2, 0.25) is 19.7 Å². The fourth-order valence-corrected chi connectivity index (χ4v) is 223. The molecule has 80 heavy (non-hydrogen) atoms. The molecule has 0 spiro atoms. The van der Waals surface area contributed by atoms with Gasteiger partial charge in [-0.25, -0.2) is 16.8 Å². The molecule has 0 amide bonds. The minimum absolute atomic E-state index is 0. The van der Waals surface area contributed by atoms with Crippen LogP contribution in [0.4, 0.5) is 28.4 Å². The molecule has 10 atom stereocenters. The van der Waals surface area contributed by atoms with Gasteiger partial charge in [-0.1, -0.05) is 120 Å². The van der Waals surface area contributed by atoms with Crippen LogP contribution in [-0.4, -0.2) is 16.8 Å². The van der Waals surface area contributed by atoms with E-state index >= 15 is 0 Å². The van der Waals surface area contributed by atoms with Crippen LogP contribution in [0, 0.1) is 0 Å². The Morgan fingerprint density at radius 2 is 0.750 bits per heavy atom. The van der Waals surface area contributed by atoms with Crippen LogP contribution in [0.15, 0.2) is 226 Å². The summed E-state index contributed by atoms with van der Waals surface area (Å²) in [6.07, 6.45) is 0. The first kappa shape index (κ1) is 67.7. The summed E-state index contributed by atoms with van der Waals surface area (Å²) in [5, 5.41) is 3.42. The lowest BCUT2D eigenvalue weighted by Gasteiger charge is -2.43. The third kappa shape index (κ3) is 15.7. The van der Waals surface area contributed by atoms with E-state index in [4.69, 9.17) is 9.47 Å². The number of halogens is 1. The molecule has 0 fully saturated rings. The number of sulfone groups is 2. The molecule has 418 valence electrons. The third-order valence-electron chi connectivity index (χ3n) is 11.4. The maximum Gasteiger partial charge on any atom is 0.213 e. The Morgan fingerprint density at radius 3 is 1.20 bits per heavy atom. The average molecular weight is 1530 g/mol. The van der Waals surface area contributed by atoms with Crippen molar-refractivity contribution < 1.29 is 26.3 Å². The monoisotopic (exact) mass is 1530 g/mol. The van der Waals surface area contributed by atoms with E-state index in [0.717, 1.165) is 31.3 Å². The maximum atomic E-state index is 13.1. The molecule has 31 heteroatoms. The van der Waals surface area contributed by atoms with Gasteiger partial charge >= 0.3 is 0 Å². The minimum atomic E-state index is -3.62. The average Bonchev–Trinajstić information content (AvgIpc) is 3.61. The highest BCUT2D eigenvalue weighted by Gasteiger charge is 2.40. The van der Waals surface area contributed by atoms with Gasteiger partial charge in [0.15, 0.2) is 0 Å². The van der Waals surface area contributed by atoms with E-state index in [1.54, 1.807) is 84.6 Å².